The summed E-state index contributed by atoms with van der Waals surface area (Å²) in [7, 11) is 0. The monoisotopic (exact) mass is 409 g/mol. The second-order valence-electron chi connectivity index (χ2n) is 8.51. The average Bonchev–Trinajstić information content (AvgIpc) is 2.70. The first-order valence-corrected chi connectivity index (χ1v) is 12.1. The fourth-order valence-corrected chi connectivity index (χ4v) is 3.81. The number of benzene rings is 1. The lowest BCUT2D eigenvalue weighted by Crippen LogP contribution is -2.25. The van der Waals surface area contributed by atoms with Gasteiger partial charge in [-0.25, -0.2) is 0 Å². The van der Waals surface area contributed by atoms with Crippen molar-refractivity contribution in [3.63, 3.8) is 0 Å². The number of unbranched alkanes of at least 4 members (excludes halogenated alkanes) is 14. The van der Waals surface area contributed by atoms with Crippen molar-refractivity contribution in [2.75, 3.05) is 0 Å². The largest absolute Gasteiger partial charge is 0.310 e. The molecule has 1 atom stereocenters. The second-order valence-corrected chi connectivity index (χ2v) is 8.51. The van der Waals surface area contributed by atoms with Gasteiger partial charge < -0.3 is 5.32 Å². The molecule has 164 valence electrons. The zero-order valence-electron chi connectivity index (χ0n) is 18.9. The Morgan fingerprint density at radius 3 is 1.54 bits per heavy atom. The van der Waals surface area contributed by atoms with Crippen molar-refractivity contribution in [3.8, 4) is 0 Å². The first-order chi connectivity index (χ1) is 13.3. The van der Waals surface area contributed by atoms with Gasteiger partial charge in [0, 0.05) is 12.6 Å². The van der Waals surface area contributed by atoms with E-state index in [0.29, 0.717) is 6.04 Å². The van der Waals surface area contributed by atoms with Gasteiger partial charge in [0.1, 0.15) is 0 Å². The minimum Gasteiger partial charge on any atom is -0.310 e. The SMILES string of the molecule is CCCCCCCCCCCCCCCCCC(C)NCc1ccccc1.Cl. The summed E-state index contributed by atoms with van der Waals surface area (Å²) in [5.41, 5.74) is 1.39. The van der Waals surface area contributed by atoms with E-state index >= 15 is 0 Å². The fraction of sp³-hybridized carbons (Fsp3) is 0.769. The fourth-order valence-electron chi connectivity index (χ4n) is 3.81. The summed E-state index contributed by atoms with van der Waals surface area (Å²) in [5, 5.41) is 3.65. The van der Waals surface area contributed by atoms with Gasteiger partial charge in [0.25, 0.3) is 0 Å². The molecule has 0 spiro atoms. The van der Waals surface area contributed by atoms with Crippen LogP contribution in [0.1, 0.15) is 122 Å². The molecule has 1 nitrogen and oxygen atoms in total. The predicted molar refractivity (Wildman–Crippen MR) is 130 cm³/mol. The van der Waals surface area contributed by atoms with Crippen LogP contribution < -0.4 is 5.32 Å². The smallest absolute Gasteiger partial charge is 0.0207 e. The van der Waals surface area contributed by atoms with Crippen LogP contribution in [0.5, 0.6) is 0 Å². The van der Waals surface area contributed by atoms with Gasteiger partial charge in [-0.2, -0.15) is 0 Å². The maximum Gasteiger partial charge on any atom is 0.0207 e. The molecule has 0 saturated carbocycles. The van der Waals surface area contributed by atoms with Gasteiger partial charge in [-0.05, 0) is 18.9 Å². The maximum atomic E-state index is 3.65. The first kappa shape index (κ1) is 27.5. The number of nitrogens with one attached hydrogen (secondary N) is 1. The van der Waals surface area contributed by atoms with E-state index in [0.717, 1.165) is 6.54 Å². The molecule has 0 bridgehead atoms. The van der Waals surface area contributed by atoms with E-state index in [1.54, 1.807) is 0 Å². The van der Waals surface area contributed by atoms with Crippen LogP contribution in [-0.4, -0.2) is 6.04 Å². The topological polar surface area (TPSA) is 12.0 Å². The third-order valence-corrected chi connectivity index (χ3v) is 5.74. The minimum absolute atomic E-state index is 0. The van der Waals surface area contributed by atoms with Crippen LogP contribution in [0.3, 0.4) is 0 Å². The second kappa shape index (κ2) is 21.2. The highest BCUT2D eigenvalue weighted by Crippen LogP contribution is 2.14. The molecule has 1 aromatic rings. The maximum absolute atomic E-state index is 3.65. The molecule has 28 heavy (non-hydrogen) atoms. The first-order valence-electron chi connectivity index (χ1n) is 12.1. The van der Waals surface area contributed by atoms with E-state index < -0.39 is 0 Å². The molecular formula is C26H48ClN. The standard InChI is InChI=1S/C26H47N.ClH/c1-3-4-5-6-7-8-9-10-11-12-13-14-15-16-18-21-25(2)27-24-26-22-19-17-20-23-26;/h17,19-20,22-23,25,27H,3-16,18,21,24H2,1-2H3;1H. The molecule has 0 fully saturated rings. The van der Waals surface area contributed by atoms with Crippen molar-refractivity contribution >= 4 is 12.4 Å². The number of hydrogen-bond acceptors (Lipinski definition) is 1. The summed E-state index contributed by atoms with van der Waals surface area (Å²) in [6.07, 6.45) is 23.0. The Bertz CT molecular complexity index is 406. The molecule has 0 radical (unpaired) electrons. The molecule has 2 heteroatoms. The van der Waals surface area contributed by atoms with Gasteiger partial charge in [0.2, 0.25) is 0 Å². The number of hydrogen-bond donors (Lipinski definition) is 1. The normalized spacial score (nSPS) is 11.9. The summed E-state index contributed by atoms with van der Waals surface area (Å²) in [5.74, 6) is 0. The highest BCUT2D eigenvalue weighted by atomic mass is 35.5. The lowest BCUT2D eigenvalue weighted by Gasteiger charge is -2.13. The summed E-state index contributed by atoms with van der Waals surface area (Å²) in [6, 6.07) is 11.4. The molecule has 0 heterocycles. The van der Waals surface area contributed by atoms with Gasteiger partial charge in [0.05, 0.1) is 0 Å². The molecular weight excluding hydrogens is 362 g/mol. The van der Waals surface area contributed by atoms with Crippen LogP contribution in [-0.2, 0) is 6.54 Å². The molecule has 0 amide bonds. The van der Waals surface area contributed by atoms with E-state index in [1.165, 1.54) is 108 Å². The van der Waals surface area contributed by atoms with Crippen LogP contribution in [0.2, 0.25) is 0 Å². The van der Waals surface area contributed by atoms with Crippen molar-refractivity contribution in [3.05, 3.63) is 35.9 Å². The van der Waals surface area contributed by atoms with Crippen molar-refractivity contribution < 1.29 is 0 Å². The van der Waals surface area contributed by atoms with Crippen LogP contribution in [0.25, 0.3) is 0 Å². The third-order valence-electron chi connectivity index (χ3n) is 5.74. The summed E-state index contributed by atoms with van der Waals surface area (Å²) in [4.78, 5) is 0. The van der Waals surface area contributed by atoms with E-state index in [1.807, 2.05) is 0 Å². The van der Waals surface area contributed by atoms with Crippen LogP contribution in [0.15, 0.2) is 30.3 Å². The molecule has 1 N–H and O–H groups in total. The molecule has 1 unspecified atom stereocenters. The quantitative estimate of drug-likeness (QED) is 0.225. The summed E-state index contributed by atoms with van der Waals surface area (Å²) < 4.78 is 0. The molecule has 0 saturated heterocycles. The third kappa shape index (κ3) is 17.6. The molecule has 0 aromatic heterocycles. The van der Waals surface area contributed by atoms with Gasteiger partial charge in [-0.15, -0.1) is 12.4 Å². The van der Waals surface area contributed by atoms with E-state index in [4.69, 9.17) is 0 Å². The van der Waals surface area contributed by atoms with Crippen LogP contribution >= 0.6 is 12.4 Å². The summed E-state index contributed by atoms with van der Waals surface area (Å²) >= 11 is 0. The molecule has 1 aromatic carbocycles. The lowest BCUT2D eigenvalue weighted by atomic mass is 10.0. The van der Waals surface area contributed by atoms with Crippen molar-refractivity contribution in [2.45, 2.75) is 129 Å². The Kier molecular flexibility index (Phi) is 20.8. The van der Waals surface area contributed by atoms with Crippen molar-refractivity contribution in [2.24, 2.45) is 0 Å². The van der Waals surface area contributed by atoms with Gasteiger partial charge in [0.15, 0.2) is 0 Å². The molecule has 0 aliphatic carbocycles. The van der Waals surface area contributed by atoms with Gasteiger partial charge >= 0.3 is 0 Å². The predicted octanol–water partition coefficient (Wildman–Crippen LogP) is 8.85. The highest BCUT2D eigenvalue weighted by Gasteiger charge is 2.01. The average molecular weight is 410 g/mol. The Balaban J connectivity index is 0.00000729. The number of rotatable bonds is 19. The molecule has 0 aliphatic rings. The Morgan fingerprint density at radius 1 is 0.643 bits per heavy atom. The van der Waals surface area contributed by atoms with Crippen molar-refractivity contribution in [1.82, 2.24) is 5.32 Å². The molecule has 1 rings (SSSR count). The van der Waals surface area contributed by atoms with Gasteiger partial charge in [-0.1, -0.05) is 134 Å². The van der Waals surface area contributed by atoms with Crippen molar-refractivity contribution in [1.29, 1.82) is 0 Å². The zero-order valence-corrected chi connectivity index (χ0v) is 19.7. The van der Waals surface area contributed by atoms with Crippen LogP contribution in [0, 0.1) is 0 Å². The lowest BCUT2D eigenvalue weighted by molar-refractivity contribution is 0.474. The molecule has 0 aliphatic heterocycles. The van der Waals surface area contributed by atoms with Gasteiger partial charge in [-0.3, -0.25) is 0 Å². The minimum atomic E-state index is 0. The summed E-state index contributed by atoms with van der Waals surface area (Å²) in [6.45, 7) is 5.62. The number of halogens is 1. The van der Waals surface area contributed by atoms with E-state index in [9.17, 15) is 0 Å². The highest BCUT2D eigenvalue weighted by molar-refractivity contribution is 5.85. The Hall–Kier alpha value is -0.530. The zero-order chi connectivity index (χ0) is 19.4. The van der Waals surface area contributed by atoms with E-state index in [2.05, 4.69) is 49.5 Å². The van der Waals surface area contributed by atoms with Crippen LogP contribution in [0.4, 0.5) is 0 Å². The Morgan fingerprint density at radius 2 is 1.07 bits per heavy atom. The van der Waals surface area contributed by atoms with E-state index in [-0.39, 0.29) is 12.4 Å². The Labute approximate surface area is 182 Å².